The largest absolute Gasteiger partial charge is 0.561 e. The van der Waals surface area contributed by atoms with E-state index in [2.05, 4.69) is 133 Å². The van der Waals surface area contributed by atoms with Gasteiger partial charge < -0.3 is 49.7 Å². The average molecular weight is 2010 g/mol. The van der Waals surface area contributed by atoms with Gasteiger partial charge in [-0.15, -0.1) is 15.0 Å². The van der Waals surface area contributed by atoms with Crippen LogP contribution in [0.3, 0.4) is 0 Å². The summed E-state index contributed by atoms with van der Waals surface area (Å²) in [5, 5.41) is 37.1. The molecular weight excluding hydrogens is 1860 g/mol. The molecule has 11 aromatic rings. The van der Waals surface area contributed by atoms with Crippen LogP contribution in [0.1, 0.15) is 246 Å². The highest BCUT2D eigenvalue weighted by Gasteiger charge is 2.59. The van der Waals surface area contributed by atoms with Crippen LogP contribution in [-0.4, -0.2) is 139 Å². The number of fused-ring (bicyclic) bond motifs is 8. The molecule has 147 heavy (non-hydrogen) atoms. The van der Waals surface area contributed by atoms with Crippen molar-refractivity contribution in [2.24, 2.45) is 97.8 Å². The summed E-state index contributed by atoms with van der Waals surface area (Å²) in [6.07, 6.45) is 26.2. The van der Waals surface area contributed by atoms with E-state index in [1.54, 1.807) is 51.7 Å². The quantitative estimate of drug-likeness (QED) is 0.00900. The van der Waals surface area contributed by atoms with Gasteiger partial charge in [-0.2, -0.15) is 35.2 Å². The second-order valence-corrected chi connectivity index (χ2v) is 48.0. The standard InChI is InChI=1S/C35H43N5O3.C25H28N4O2.C17H15N3O3.C13H10O2.C10H19N.C10H18.C4H5NO2.C3H9N3Si/c1-22-27-20-24(35(27,2)3)21-28(22)36-33(41)32-31(26-16-8-10-18-30(26)43-25-14-5-4-6-15-25)37-38-40(32)34(42)39-19-11-13-23-12-7-9-17-29(23)39;1-15-19-13-16(25(19,2)3)14-20(15)26-24(30)23-22(27-29-28-23)18-11-7-8-12-21(18)31-17-9-5-4-6-10-17;1-2-22-17(21)16-15(18-20-19-16)13-10-6-7-11-14(13)23-12-8-4-3-5-9-12;14-10-11-6-4-5-9-13(11)15-12-7-2-1-3-8-12;1-6-8-4-7(5-9(6)11)10(8,2)3;1-2-6-10-8-4-3-7-9(10)5-1;1-3-7-4(6)5-2;1-7(2,3)6-5-4/h4-6,8,10,14-16,18,22-24,27-29H,7,9,11-13,17,19-21H2,1-3H3,(H,36,41);4-12,15-16,19-20H,13-14H2,1-3H3,(H,26,30)(H,27,28,29);3-11H,2H2,1H3,(H,18,19,20);1-10H;6-9H,4-5,11H2,1-3H3;9-10H,1-8H2;3H2,1H3;1-3H3/t22-,23?,24+,27-,28-,29?;15-,16+,19-,20-;;;6-,7+,8-,9-;;;/m11..1.../s1. The summed E-state index contributed by atoms with van der Waals surface area (Å²) in [5.74, 6) is 12.9. The highest BCUT2D eigenvalue weighted by Crippen LogP contribution is 2.64. The number of H-pyrrole nitrogens is 2. The second-order valence-electron chi connectivity index (χ2n) is 43.4. The number of hydrogen-bond donors (Lipinski definition) is 5. The smallest absolute Gasteiger partial charge is 0.486 e. The lowest BCUT2D eigenvalue weighted by atomic mass is 9.45. The van der Waals surface area contributed by atoms with E-state index in [1.807, 2.05) is 231 Å². The number of para-hydroxylation sites is 8. The third-order valence-electron chi connectivity index (χ3n) is 32.6. The summed E-state index contributed by atoms with van der Waals surface area (Å²) in [4.78, 5) is 81.5. The summed E-state index contributed by atoms with van der Waals surface area (Å²) < 4.78 is 37.8. The molecule has 29 nitrogen and oxygen atoms in total. The molecule has 24 rings (SSSR count). The SMILES string of the molecule is C1CCC2CCCCC2C1.CCOC(=O)c1n[nH]nc1-c1ccccc1Oc1ccccc1.C[C@@H]1[C@H]2C[C@@H](C[C@H]1NC(=O)c1c(-c3ccccc3Oc3ccccc3)nnn1C(=O)N1CCCC3CCCCC31)C2(C)C.C[C@@H]1[C@H]2C[C@@H](C[C@H]1NC(=O)c1n[nH]nc1-c1ccccc1Oc1ccccc1)C2(C)C.C[C@H]1[C@H](N)C[C@@H]2C[C@H]1C2(C)C.C[Si](C)(C)N=[N+]=[N-].O=Cc1ccccc1Oc1ccccc1.[C-]#[N+]C(=O)OCC. The van der Waals surface area contributed by atoms with E-state index in [-0.39, 0.29) is 60.6 Å². The first kappa shape index (κ1) is 109. The number of nitrogens with one attached hydrogen (secondary N) is 4. The number of ether oxygens (including phenoxy) is 6. The number of carbonyl (C=O) groups excluding carboxylic acids is 6. The maximum atomic E-state index is 14.3. The Balaban J connectivity index is 0.000000144. The molecule has 0 radical (unpaired) electrons. The summed E-state index contributed by atoms with van der Waals surface area (Å²) in [7, 11) is -1.45. The van der Waals surface area contributed by atoms with Crippen LogP contribution in [0.2, 0.25) is 19.6 Å². The van der Waals surface area contributed by atoms with Crippen molar-refractivity contribution in [1.29, 1.82) is 0 Å². The lowest BCUT2D eigenvalue weighted by Crippen LogP contribution is -2.60. The van der Waals surface area contributed by atoms with E-state index in [1.165, 1.54) is 62.5 Å². The number of hydrogen-bond acceptors (Lipinski definition) is 20. The molecule has 13 aliphatic rings. The molecule has 776 valence electrons. The first-order valence-corrected chi connectivity index (χ1v) is 56.3. The zero-order valence-corrected chi connectivity index (χ0v) is 88.7. The lowest BCUT2D eigenvalue weighted by Gasteiger charge is -2.62. The van der Waals surface area contributed by atoms with Crippen LogP contribution in [0.4, 0.5) is 9.59 Å². The normalized spacial score (nSPS) is 24.2. The third kappa shape index (κ3) is 27.1. The van der Waals surface area contributed by atoms with Crippen molar-refractivity contribution in [3.05, 3.63) is 263 Å². The van der Waals surface area contributed by atoms with Crippen molar-refractivity contribution in [2.45, 2.75) is 248 Å². The predicted octanol–water partition coefficient (Wildman–Crippen LogP) is 27.5. The molecule has 0 spiro atoms. The summed E-state index contributed by atoms with van der Waals surface area (Å²) in [6, 6.07) is 68.1. The van der Waals surface area contributed by atoms with Crippen molar-refractivity contribution in [3.63, 3.8) is 0 Å². The number of nitrogens with two attached hydrogens (primary N) is 1. The number of aldehydes is 1. The zero-order chi connectivity index (χ0) is 105. The van der Waals surface area contributed by atoms with Crippen molar-refractivity contribution < 1.29 is 57.2 Å². The third-order valence-corrected chi connectivity index (χ3v) is 33.3. The van der Waals surface area contributed by atoms with E-state index >= 15 is 0 Å². The van der Waals surface area contributed by atoms with Gasteiger partial charge in [0.25, 0.3) is 11.8 Å². The van der Waals surface area contributed by atoms with Crippen LogP contribution in [0.5, 0.6) is 46.0 Å². The number of aromatic amines is 2. The number of piperidine rings is 1. The highest BCUT2D eigenvalue weighted by atomic mass is 28.3. The van der Waals surface area contributed by atoms with Gasteiger partial charge in [-0.1, -0.05) is 273 Å². The number of benzene rings is 8. The Hall–Kier alpha value is -13.6. The first-order chi connectivity index (χ1) is 70.8. The molecule has 1 aliphatic heterocycles. The molecule has 30 heteroatoms. The Kier molecular flexibility index (Phi) is 37.6. The van der Waals surface area contributed by atoms with Crippen LogP contribution in [-0.2, 0) is 9.47 Å². The maximum absolute atomic E-state index is 14.3. The summed E-state index contributed by atoms with van der Waals surface area (Å²) in [5.41, 5.74) is 19.7. The van der Waals surface area contributed by atoms with Gasteiger partial charge in [0.15, 0.2) is 23.4 Å². The Labute approximate surface area is 866 Å². The van der Waals surface area contributed by atoms with Crippen LogP contribution in [0.15, 0.2) is 223 Å². The fourth-order valence-electron chi connectivity index (χ4n) is 24.0. The number of nitrogens with zero attached hydrogens (tertiary/aromatic N) is 12. The second kappa shape index (κ2) is 50.7. The molecule has 12 aliphatic carbocycles. The fourth-order valence-corrected chi connectivity index (χ4v) is 24.3. The monoisotopic (exact) mass is 2010 g/mol. The van der Waals surface area contributed by atoms with E-state index in [0.717, 1.165) is 97.9 Å². The highest BCUT2D eigenvalue weighted by molar-refractivity contribution is 6.74. The lowest BCUT2D eigenvalue weighted by molar-refractivity contribution is -0.113. The number of esters is 1. The van der Waals surface area contributed by atoms with Gasteiger partial charge >= 0.3 is 18.1 Å². The molecular formula is C117H147N17O12Si. The van der Waals surface area contributed by atoms with Crippen molar-refractivity contribution in [2.75, 3.05) is 19.8 Å². The molecule has 2 unspecified atom stereocenters. The molecule has 12 saturated carbocycles. The van der Waals surface area contributed by atoms with Crippen LogP contribution in [0.25, 0.3) is 49.1 Å². The number of likely N-dealkylation sites (tertiary alicyclic amines) is 1. The molecule has 1 saturated heterocycles. The minimum Gasteiger partial charge on any atom is -0.486 e. The number of carbonyl (C=O) groups is 6. The Bertz CT molecular complexity index is 6250. The Morgan fingerprint density at radius 2 is 0.857 bits per heavy atom. The van der Waals surface area contributed by atoms with Crippen LogP contribution >= 0.6 is 0 Å². The van der Waals surface area contributed by atoms with Gasteiger partial charge in [-0.25, -0.2) is 9.59 Å². The van der Waals surface area contributed by atoms with Gasteiger partial charge in [0.1, 0.15) is 77.9 Å². The van der Waals surface area contributed by atoms with E-state index in [0.29, 0.717) is 144 Å². The van der Waals surface area contributed by atoms with Crippen LogP contribution < -0.4 is 35.3 Å². The minimum absolute atomic E-state index is 0.0455. The van der Waals surface area contributed by atoms with Crippen molar-refractivity contribution in [1.82, 2.24) is 61.3 Å². The topological polar surface area (TPSA) is 378 Å². The van der Waals surface area contributed by atoms with Gasteiger partial charge in [0.05, 0.1) is 18.8 Å². The molecule has 3 aromatic heterocycles. The first-order valence-electron chi connectivity index (χ1n) is 52.8. The number of aromatic nitrogens is 9. The Morgan fingerprint density at radius 1 is 0.476 bits per heavy atom. The molecule has 4 amide bonds. The van der Waals surface area contributed by atoms with Gasteiger partial charge in [-0.3, -0.25) is 19.2 Å². The van der Waals surface area contributed by atoms with Gasteiger partial charge in [0, 0.05) is 47.4 Å². The van der Waals surface area contributed by atoms with Crippen molar-refractivity contribution in [3.8, 4) is 79.8 Å². The maximum Gasteiger partial charge on any atom is 0.561 e. The average Bonchev–Trinajstić information content (AvgIpc) is 1.61. The molecule has 14 atom stereocenters. The summed E-state index contributed by atoms with van der Waals surface area (Å²) in [6.45, 7) is 37.8. The number of amides is 4. The molecule has 6 bridgehead atoms. The molecule has 6 N–H and O–H groups in total. The fraction of sp³-hybridized carbons (Fsp3) is 0.479. The number of rotatable bonds is 20. The van der Waals surface area contributed by atoms with Crippen LogP contribution in [0, 0.1) is 93.8 Å². The molecule has 8 aromatic carbocycles. The van der Waals surface area contributed by atoms with Crippen molar-refractivity contribution >= 4 is 44.4 Å². The molecule has 4 heterocycles. The van der Waals surface area contributed by atoms with Gasteiger partial charge in [0.2, 0.25) is 0 Å². The molecule has 13 fully saturated rings. The number of azide groups is 1. The van der Waals surface area contributed by atoms with E-state index in [9.17, 15) is 28.8 Å². The predicted molar refractivity (Wildman–Crippen MR) is 573 cm³/mol. The van der Waals surface area contributed by atoms with E-state index < -0.39 is 20.3 Å². The zero-order valence-electron chi connectivity index (χ0n) is 87.7. The Morgan fingerprint density at radius 3 is 1.26 bits per heavy atom. The minimum atomic E-state index is -1.45. The van der Waals surface area contributed by atoms with Gasteiger partial charge in [-0.05, 0) is 273 Å². The van der Waals surface area contributed by atoms with E-state index in [4.69, 9.17) is 41.5 Å². The summed E-state index contributed by atoms with van der Waals surface area (Å²) >= 11 is 0.